The number of benzene rings is 2. The number of amides is 1. The van der Waals surface area contributed by atoms with Crippen LogP contribution in [0.5, 0.6) is 0 Å². The predicted octanol–water partition coefficient (Wildman–Crippen LogP) is 4.40. The molecule has 0 saturated carbocycles. The van der Waals surface area contributed by atoms with Gasteiger partial charge in [-0.2, -0.15) is 0 Å². The maximum absolute atomic E-state index is 11.4. The molecule has 0 radical (unpaired) electrons. The van der Waals surface area contributed by atoms with Crippen molar-refractivity contribution in [1.82, 2.24) is 9.55 Å². The van der Waals surface area contributed by atoms with Crippen molar-refractivity contribution in [3.8, 4) is 0 Å². The molecule has 0 fully saturated rings. The van der Waals surface area contributed by atoms with Gasteiger partial charge in [0.15, 0.2) is 5.16 Å². The van der Waals surface area contributed by atoms with Crippen molar-refractivity contribution in [3.63, 3.8) is 0 Å². The van der Waals surface area contributed by atoms with Gasteiger partial charge in [-0.15, -0.1) is 0 Å². The van der Waals surface area contributed by atoms with E-state index in [1.807, 2.05) is 12.1 Å². The van der Waals surface area contributed by atoms with E-state index in [1.54, 1.807) is 12.1 Å². The Morgan fingerprint density at radius 2 is 2.11 bits per heavy atom. The van der Waals surface area contributed by atoms with E-state index in [1.165, 1.54) is 23.9 Å². The van der Waals surface area contributed by atoms with Gasteiger partial charge >= 0.3 is 0 Å². The SMILES string of the molecule is CCCn1c(SCc2ccc(C(N)=O)cc2[N+](=O)[O-])nc2cc(Cl)ccc21. The van der Waals surface area contributed by atoms with Crippen LogP contribution in [0.4, 0.5) is 5.69 Å². The summed E-state index contributed by atoms with van der Waals surface area (Å²) in [7, 11) is 0. The van der Waals surface area contributed by atoms with Crippen LogP contribution in [-0.4, -0.2) is 20.4 Å². The lowest BCUT2D eigenvalue weighted by atomic mass is 10.1. The van der Waals surface area contributed by atoms with Gasteiger partial charge in [0.2, 0.25) is 5.91 Å². The second-order valence-electron chi connectivity index (χ2n) is 5.93. The number of fused-ring (bicyclic) bond motifs is 1. The fraction of sp³-hybridized carbons (Fsp3) is 0.222. The summed E-state index contributed by atoms with van der Waals surface area (Å²) >= 11 is 7.46. The molecule has 0 bridgehead atoms. The first kappa shape index (κ1) is 19.2. The number of rotatable bonds is 7. The lowest BCUT2D eigenvalue weighted by molar-refractivity contribution is -0.385. The molecule has 9 heteroatoms. The minimum absolute atomic E-state index is 0.114. The number of primary amides is 1. The van der Waals surface area contributed by atoms with Crippen molar-refractivity contribution in [2.75, 3.05) is 0 Å². The number of thioether (sulfide) groups is 1. The highest BCUT2D eigenvalue weighted by Crippen LogP contribution is 2.31. The highest BCUT2D eigenvalue weighted by atomic mass is 35.5. The van der Waals surface area contributed by atoms with Crippen molar-refractivity contribution < 1.29 is 9.72 Å². The maximum Gasteiger partial charge on any atom is 0.274 e. The lowest BCUT2D eigenvalue weighted by Gasteiger charge is -2.08. The highest BCUT2D eigenvalue weighted by molar-refractivity contribution is 7.98. The average Bonchev–Trinajstić information content (AvgIpc) is 2.96. The zero-order valence-electron chi connectivity index (χ0n) is 14.5. The van der Waals surface area contributed by atoms with Crippen LogP contribution in [0.15, 0.2) is 41.6 Å². The topological polar surface area (TPSA) is 104 Å². The van der Waals surface area contributed by atoms with Gasteiger partial charge in [0.05, 0.1) is 16.0 Å². The monoisotopic (exact) mass is 404 g/mol. The molecule has 0 unspecified atom stereocenters. The Morgan fingerprint density at radius 1 is 1.33 bits per heavy atom. The lowest BCUT2D eigenvalue weighted by Crippen LogP contribution is -2.11. The molecule has 3 rings (SSSR count). The number of nitrogens with zero attached hydrogens (tertiary/aromatic N) is 3. The Morgan fingerprint density at radius 3 is 2.78 bits per heavy atom. The summed E-state index contributed by atoms with van der Waals surface area (Å²) in [5.74, 6) is -0.352. The molecule has 140 valence electrons. The Bertz CT molecular complexity index is 1030. The molecule has 1 heterocycles. The van der Waals surface area contributed by atoms with Crippen LogP contribution in [0.1, 0.15) is 29.3 Å². The fourth-order valence-electron chi connectivity index (χ4n) is 2.78. The first-order valence-corrected chi connectivity index (χ1v) is 9.62. The van der Waals surface area contributed by atoms with Crippen LogP contribution < -0.4 is 5.73 Å². The zero-order valence-corrected chi connectivity index (χ0v) is 16.1. The number of aromatic nitrogens is 2. The minimum Gasteiger partial charge on any atom is -0.366 e. The average molecular weight is 405 g/mol. The van der Waals surface area contributed by atoms with Crippen molar-refractivity contribution in [1.29, 1.82) is 0 Å². The number of carbonyl (C=O) groups excluding carboxylic acids is 1. The third-order valence-corrected chi connectivity index (χ3v) is 5.31. The van der Waals surface area contributed by atoms with E-state index in [0.717, 1.165) is 29.2 Å². The Kier molecular flexibility index (Phi) is 5.67. The van der Waals surface area contributed by atoms with E-state index in [9.17, 15) is 14.9 Å². The summed E-state index contributed by atoms with van der Waals surface area (Å²) in [6, 6.07) is 9.83. The standard InChI is InChI=1S/C18H17ClN4O3S/c1-2-7-22-15-6-5-13(19)9-14(15)21-18(22)27-10-12-4-3-11(17(20)24)8-16(12)23(25)26/h3-6,8-9H,2,7,10H2,1H3,(H2,20,24). The number of nitrogens with two attached hydrogens (primary N) is 1. The molecule has 27 heavy (non-hydrogen) atoms. The quantitative estimate of drug-likeness (QED) is 0.357. The molecule has 0 saturated heterocycles. The number of hydrogen-bond acceptors (Lipinski definition) is 5. The largest absolute Gasteiger partial charge is 0.366 e. The van der Waals surface area contributed by atoms with Crippen molar-refractivity contribution in [3.05, 3.63) is 62.7 Å². The normalized spacial score (nSPS) is 11.0. The number of halogens is 1. The number of aryl methyl sites for hydroxylation is 1. The van der Waals surface area contributed by atoms with E-state index >= 15 is 0 Å². The molecule has 0 atom stereocenters. The number of imidazole rings is 1. The van der Waals surface area contributed by atoms with Crippen LogP contribution in [-0.2, 0) is 12.3 Å². The maximum atomic E-state index is 11.4. The Hall–Kier alpha value is -2.58. The summed E-state index contributed by atoms with van der Waals surface area (Å²) in [6.45, 7) is 2.85. The van der Waals surface area contributed by atoms with Gasteiger partial charge in [-0.05, 0) is 30.7 Å². The molecule has 0 spiro atoms. The predicted molar refractivity (Wildman–Crippen MR) is 106 cm³/mol. The molecule has 1 aromatic heterocycles. The van der Waals surface area contributed by atoms with E-state index < -0.39 is 10.8 Å². The van der Waals surface area contributed by atoms with Crippen LogP contribution in [0, 0.1) is 10.1 Å². The molecular formula is C18H17ClN4O3S. The highest BCUT2D eigenvalue weighted by Gasteiger charge is 2.18. The van der Waals surface area contributed by atoms with Gasteiger partial charge in [0, 0.05) is 34.5 Å². The van der Waals surface area contributed by atoms with E-state index in [-0.39, 0.29) is 11.3 Å². The van der Waals surface area contributed by atoms with Crippen LogP contribution in [0.2, 0.25) is 5.02 Å². The first-order valence-electron chi connectivity index (χ1n) is 8.26. The fourth-order valence-corrected chi connectivity index (χ4v) is 3.99. The van der Waals surface area contributed by atoms with Crippen molar-refractivity contribution in [2.45, 2.75) is 30.8 Å². The van der Waals surface area contributed by atoms with Crippen molar-refractivity contribution >= 4 is 46.0 Å². The summed E-state index contributed by atoms with van der Waals surface area (Å²) in [5, 5.41) is 12.7. The molecule has 0 aliphatic heterocycles. The van der Waals surface area contributed by atoms with Gasteiger partial charge in [-0.3, -0.25) is 14.9 Å². The second kappa shape index (κ2) is 7.98. The third kappa shape index (κ3) is 4.06. The van der Waals surface area contributed by atoms with Crippen LogP contribution >= 0.6 is 23.4 Å². The molecule has 3 aromatic rings. The first-order chi connectivity index (χ1) is 12.9. The number of carbonyl (C=O) groups is 1. The van der Waals surface area contributed by atoms with E-state index in [4.69, 9.17) is 17.3 Å². The van der Waals surface area contributed by atoms with E-state index in [0.29, 0.717) is 16.3 Å². The molecule has 1 amide bonds. The number of nitro benzene ring substituents is 1. The minimum atomic E-state index is -0.695. The van der Waals surface area contributed by atoms with E-state index in [2.05, 4.69) is 16.5 Å². The van der Waals surface area contributed by atoms with Crippen LogP contribution in [0.25, 0.3) is 11.0 Å². The summed E-state index contributed by atoms with van der Waals surface area (Å²) in [5.41, 5.74) is 7.47. The summed E-state index contributed by atoms with van der Waals surface area (Å²) in [6.07, 6.45) is 0.926. The third-order valence-electron chi connectivity index (χ3n) is 4.05. The van der Waals surface area contributed by atoms with Gasteiger partial charge in [-0.1, -0.05) is 36.4 Å². The number of hydrogen-bond donors (Lipinski definition) is 1. The van der Waals surface area contributed by atoms with Crippen molar-refractivity contribution in [2.24, 2.45) is 5.73 Å². The molecular weight excluding hydrogens is 388 g/mol. The summed E-state index contributed by atoms with van der Waals surface area (Å²) < 4.78 is 2.08. The molecule has 7 nitrogen and oxygen atoms in total. The second-order valence-corrected chi connectivity index (χ2v) is 7.31. The molecule has 2 aromatic carbocycles. The number of nitro groups is 1. The Balaban J connectivity index is 1.93. The van der Waals surface area contributed by atoms with Gasteiger partial charge < -0.3 is 10.3 Å². The molecule has 2 N–H and O–H groups in total. The smallest absolute Gasteiger partial charge is 0.274 e. The van der Waals surface area contributed by atoms with Gasteiger partial charge in [-0.25, -0.2) is 4.98 Å². The van der Waals surface area contributed by atoms with Crippen LogP contribution in [0.3, 0.4) is 0 Å². The zero-order chi connectivity index (χ0) is 19.6. The van der Waals surface area contributed by atoms with Gasteiger partial charge in [0.25, 0.3) is 5.69 Å². The van der Waals surface area contributed by atoms with Gasteiger partial charge in [0.1, 0.15) is 0 Å². The summed E-state index contributed by atoms with van der Waals surface area (Å²) in [4.78, 5) is 26.8. The molecule has 0 aliphatic carbocycles. The molecule has 0 aliphatic rings. The Labute approximate surface area is 164 Å².